The molecule has 1 heterocycles. The number of nitrogens with two attached hydrogens (primary N) is 1. The molecule has 0 aliphatic heterocycles. The largest absolute Gasteiger partial charge is 0.330 e. The topological polar surface area (TPSA) is 38.9 Å². The highest BCUT2D eigenvalue weighted by Gasteiger charge is 2.48. The Balaban J connectivity index is 1.69. The molecular weight excluding hydrogens is 232 g/mol. The molecule has 2 N–H and O–H groups in total. The maximum atomic E-state index is 5.78. The van der Waals surface area contributed by atoms with Gasteiger partial charge in [-0.15, -0.1) is 0 Å². The Morgan fingerprint density at radius 3 is 2.37 bits per heavy atom. The normalized spacial score (nSPS) is 39.7. The van der Waals surface area contributed by atoms with Crippen LogP contribution in [0.15, 0.2) is 18.5 Å². The van der Waals surface area contributed by atoms with E-state index >= 15 is 0 Å². The van der Waals surface area contributed by atoms with Crippen molar-refractivity contribution in [3.05, 3.63) is 29.6 Å². The summed E-state index contributed by atoms with van der Waals surface area (Å²) in [6, 6.07) is 2.20. The Morgan fingerprint density at radius 2 is 1.74 bits per heavy atom. The Kier molecular flexibility index (Phi) is 2.87. The molecule has 1 aromatic heterocycles. The van der Waals surface area contributed by atoms with Gasteiger partial charge in [-0.05, 0) is 91.9 Å². The summed E-state index contributed by atoms with van der Waals surface area (Å²) in [6.45, 7) is 0.754. The molecule has 0 atom stereocenters. The molecule has 102 valence electrons. The molecule has 0 amide bonds. The lowest BCUT2D eigenvalue weighted by atomic mass is 9.50. The maximum absolute atomic E-state index is 5.78. The standard InChI is InChI=1S/C17H24N2/c18-3-1-13-2-4-19-10-16(13)17-14-6-11-5-12(8-14)9-15(17)7-11/h2,4,10-12,14-15,17H,1,3,5-9,18H2. The molecule has 0 radical (unpaired) electrons. The number of hydrogen-bond acceptors (Lipinski definition) is 2. The third-order valence-electron chi connectivity index (χ3n) is 5.95. The van der Waals surface area contributed by atoms with Crippen molar-refractivity contribution in [2.45, 2.75) is 44.4 Å². The van der Waals surface area contributed by atoms with Crippen LogP contribution in [0.3, 0.4) is 0 Å². The predicted octanol–water partition coefficient (Wildman–Crippen LogP) is 3.12. The first kappa shape index (κ1) is 11.9. The van der Waals surface area contributed by atoms with Crippen LogP contribution in [0, 0.1) is 23.7 Å². The minimum atomic E-state index is 0.754. The van der Waals surface area contributed by atoms with E-state index in [1.165, 1.54) is 37.7 Å². The molecule has 4 bridgehead atoms. The zero-order valence-electron chi connectivity index (χ0n) is 11.6. The van der Waals surface area contributed by atoms with E-state index in [1.807, 2.05) is 6.20 Å². The Hall–Kier alpha value is -0.890. The lowest BCUT2D eigenvalue weighted by Crippen LogP contribution is -2.44. The van der Waals surface area contributed by atoms with Gasteiger partial charge in [-0.3, -0.25) is 4.98 Å². The Bertz CT molecular complexity index is 440. The van der Waals surface area contributed by atoms with E-state index in [2.05, 4.69) is 17.2 Å². The highest BCUT2D eigenvalue weighted by molar-refractivity contribution is 5.30. The predicted molar refractivity (Wildman–Crippen MR) is 76.8 cm³/mol. The molecule has 0 unspecified atom stereocenters. The van der Waals surface area contributed by atoms with Crippen LogP contribution in [-0.2, 0) is 6.42 Å². The van der Waals surface area contributed by atoms with E-state index in [1.54, 1.807) is 5.56 Å². The van der Waals surface area contributed by atoms with Crippen molar-refractivity contribution in [3.63, 3.8) is 0 Å². The van der Waals surface area contributed by atoms with Gasteiger partial charge < -0.3 is 5.73 Å². The second-order valence-electron chi connectivity index (χ2n) is 7.07. The number of pyridine rings is 1. The summed E-state index contributed by atoms with van der Waals surface area (Å²) in [5, 5.41) is 0. The molecule has 2 heteroatoms. The average molecular weight is 256 g/mol. The van der Waals surface area contributed by atoms with Crippen LogP contribution in [-0.4, -0.2) is 11.5 Å². The Morgan fingerprint density at radius 1 is 1.05 bits per heavy atom. The van der Waals surface area contributed by atoms with Gasteiger partial charge in [0.25, 0.3) is 0 Å². The molecule has 0 spiro atoms. The minimum absolute atomic E-state index is 0.754. The monoisotopic (exact) mass is 256 g/mol. The second kappa shape index (κ2) is 4.59. The molecule has 5 rings (SSSR count). The molecule has 0 aromatic carbocycles. The van der Waals surface area contributed by atoms with Gasteiger partial charge in [-0.1, -0.05) is 0 Å². The zero-order chi connectivity index (χ0) is 12.8. The van der Waals surface area contributed by atoms with Crippen molar-refractivity contribution in [1.82, 2.24) is 4.98 Å². The van der Waals surface area contributed by atoms with E-state index in [-0.39, 0.29) is 0 Å². The third-order valence-corrected chi connectivity index (χ3v) is 5.95. The fourth-order valence-electron chi connectivity index (χ4n) is 5.55. The molecule has 4 fully saturated rings. The van der Waals surface area contributed by atoms with Gasteiger partial charge in [0.2, 0.25) is 0 Å². The van der Waals surface area contributed by atoms with Crippen molar-refractivity contribution in [1.29, 1.82) is 0 Å². The van der Waals surface area contributed by atoms with Crippen LogP contribution < -0.4 is 5.73 Å². The summed E-state index contributed by atoms with van der Waals surface area (Å²) in [4.78, 5) is 4.42. The summed E-state index contributed by atoms with van der Waals surface area (Å²) in [5.41, 5.74) is 8.79. The summed E-state index contributed by atoms with van der Waals surface area (Å²) in [6.07, 6.45) is 12.6. The fraction of sp³-hybridized carbons (Fsp3) is 0.706. The van der Waals surface area contributed by atoms with E-state index < -0.39 is 0 Å². The van der Waals surface area contributed by atoms with E-state index in [4.69, 9.17) is 5.73 Å². The number of hydrogen-bond donors (Lipinski definition) is 1. The molecular formula is C17H24N2. The van der Waals surface area contributed by atoms with E-state index in [9.17, 15) is 0 Å². The number of aromatic nitrogens is 1. The Labute approximate surface area is 115 Å². The van der Waals surface area contributed by atoms with Crippen molar-refractivity contribution in [3.8, 4) is 0 Å². The smallest absolute Gasteiger partial charge is 0.0305 e. The summed E-state index contributed by atoms with van der Waals surface area (Å²) >= 11 is 0. The molecule has 4 aliphatic rings. The van der Waals surface area contributed by atoms with Crippen LogP contribution in [0.5, 0.6) is 0 Å². The van der Waals surface area contributed by atoms with Crippen molar-refractivity contribution >= 4 is 0 Å². The molecule has 0 saturated heterocycles. The summed E-state index contributed by atoms with van der Waals surface area (Å²) in [7, 11) is 0. The first-order chi connectivity index (χ1) is 9.35. The lowest BCUT2D eigenvalue weighted by Gasteiger charge is -2.54. The van der Waals surface area contributed by atoms with Crippen molar-refractivity contribution in [2.75, 3.05) is 6.54 Å². The minimum Gasteiger partial charge on any atom is -0.330 e. The first-order valence-electron chi connectivity index (χ1n) is 7.98. The van der Waals surface area contributed by atoms with Crippen LogP contribution in [0.25, 0.3) is 0 Å². The highest BCUT2D eigenvalue weighted by Crippen LogP contribution is 2.60. The second-order valence-corrected chi connectivity index (χ2v) is 7.07. The van der Waals surface area contributed by atoms with Gasteiger partial charge in [0, 0.05) is 12.4 Å². The quantitative estimate of drug-likeness (QED) is 0.902. The number of rotatable bonds is 3. The summed E-state index contributed by atoms with van der Waals surface area (Å²) in [5.74, 6) is 4.78. The maximum Gasteiger partial charge on any atom is 0.0305 e. The van der Waals surface area contributed by atoms with Crippen LogP contribution in [0.1, 0.15) is 49.1 Å². The van der Waals surface area contributed by atoms with Gasteiger partial charge >= 0.3 is 0 Å². The molecule has 19 heavy (non-hydrogen) atoms. The van der Waals surface area contributed by atoms with Crippen LogP contribution >= 0.6 is 0 Å². The van der Waals surface area contributed by atoms with Crippen molar-refractivity contribution < 1.29 is 0 Å². The first-order valence-corrected chi connectivity index (χ1v) is 7.98. The highest BCUT2D eigenvalue weighted by atomic mass is 14.6. The molecule has 1 aromatic rings. The third kappa shape index (κ3) is 1.92. The molecule has 2 nitrogen and oxygen atoms in total. The van der Waals surface area contributed by atoms with E-state index in [0.29, 0.717) is 0 Å². The van der Waals surface area contributed by atoms with Gasteiger partial charge in [0.05, 0.1) is 0 Å². The van der Waals surface area contributed by atoms with Crippen LogP contribution in [0.2, 0.25) is 0 Å². The van der Waals surface area contributed by atoms with Gasteiger partial charge in [-0.2, -0.15) is 0 Å². The zero-order valence-corrected chi connectivity index (χ0v) is 11.6. The van der Waals surface area contributed by atoms with Gasteiger partial charge in [0.1, 0.15) is 0 Å². The van der Waals surface area contributed by atoms with E-state index in [0.717, 1.165) is 42.6 Å². The van der Waals surface area contributed by atoms with Crippen LogP contribution in [0.4, 0.5) is 0 Å². The van der Waals surface area contributed by atoms with Gasteiger partial charge in [-0.25, -0.2) is 0 Å². The lowest BCUT2D eigenvalue weighted by molar-refractivity contribution is -0.00315. The number of nitrogens with zero attached hydrogens (tertiary/aromatic N) is 1. The molecule has 4 aliphatic carbocycles. The SMILES string of the molecule is NCCc1ccncc1C1C2CC3CC(C2)CC1C3. The summed E-state index contributed by atoms with van der Waals surface area (Å²) < 4.78 is 0. The molecule has 4 saturated carbocycles. The average Bonchev–Trinajstić information content (AvgIpc) is 2.39. The van der Waals surface area contributed by atoms with Gasteiger partial charge in [0.15, 0.2) is 0 Å². The van der Waals surface area contributed by atoms with Crippen molar-refractivity contribution in [2.24, 2.45) is 29.4 Å². The fourth-order valence-corrected chi connectivity index (χ4v) is 5.55.